The molecule has 0 radical (unpaired) electrons. The maximum Gasteiger partial charge on any atom is 0.217 e. The van der Waals surface area contributed by atoms with Gasteiger partial charge in [-0.3, -0.25) is 4.79 Å². The van der Waals surface area contributed by atoms with Crippen LogP contribution in [0.15, 0.2) is 0 Å². The smallest absolute Gasteiger partial charge is 0.217 e. The fraction of sp³-hybridized carbons (Fsp3) is 0.900. The molecule has 3 N–H and O–H groups in total. The third-order valence-corrected chi connectivity index (χ3v) is 4.86. The lowest BCUT2D eigenvalue weighted by molar-refractivity contribution is -0.118. The van der Waals surface area contributed by atoms with Crippen molar-refractivity contribution < 1.29 is 13.2 Å². The molecule has 0 aromatic carbocycles. The lowest BCUT2D eigenvalue weighted by Gasteiger charge is -2.19. The van der Waals surface area contributed by atoms with E-state index in [9.17, 15) is 13.2 Å². The quantitative estimate of drug-likeness (QED) is 0.625. The van der Waals surface area contributed by atoms with E-state index in [4.69, 9.17) is 5.73 Å². The first kappa shape index (κ1) is 15.4. The Hall–Kier alpha value is -0.620. The van der Waals surface area contributed by atoms with Crippen LogP contribution in [0.2, 0.25) is 0 Å². The summed E-state index contributed by atoms with van der Waals surface area (Å²) >= 11 is 0. The molecule has 5 nitrogen and oxygen atoms in total. The predicted octanol–water partition coefficient (Wildman–Crippen LogP) is 0.0548. The standard InChI is InChI=1S/C10H22N2O3S/c1-10(2,3)16(14,15)8-7-12-6-4-5-9(11)13/h12H,4-8H2,1-3H3,(H2,11,13). The Bertz CT molecular complexity index is 317. The van der Waals surface area contributed by atoms with Gasteiger partial charge in [0.1, 0.15) is 0 Å². The number of carbonyl (C=O) groups excluding carboxylic acids is 1. The molecule has 0 unspecified atom stereocenters. The molecule has 0 aromatic heterocycles. The number of carbonyl (C=O) groups is 1. The number of hydrogen-bond acceptors (Lipinski definition) is 4. The third-order valence-electron chi connectivity index (χ3n) is 2.26. The molecule has 0 rings (SSSR count). The molecule has 0 heterocycles. The van der Waals surface area contributed by atoms with Crippen molar-refractivity contribution in [2.24, 2.45) is 5.73 Å². The highest BCUT2D eigenvalue weighted by Gasteiger charge is 2.27. The first-order chi connectivity index (χ1) is 7.17. The maximum atomic E-state index is 11.7. The van der Waals surface area contributed by atoms with Gasteiger partial charge in [0.05, 0.1) is 10.5 Å². The van der Waals surface area contributed by atoms with Gasteiger partial charge in [0, 0.05) is 13.0 Å². The zero-order valence-electron chi connectivity index (χ0n) is 10.2. The molecule has 1 amide bonds. The van der Waals surface area contributed by atoms with Crippen LogP contribution in [0.25, 0.3) is 0 Å². The molecule has 0 spiro atoms. The molecule has 0 atom stereocenters. The van der Waals surface area contributed by atoms with Gasteiger partial charge in [0.15, 0.2) is 9.84 Å². The summed E-state index contributed by atoms with van der Waals surface area (Å²) in [5.74, 6) is -0.211. The molecule has 0 aliphatic carbocycles. The molecule has 0 fully saturated rings. The van der Waals surface area contributed by atoms with E-state index in [1.165, 1.54) is 0 Å². The Morgan fingerprint density at radius 2 is 1.81 bits per heavy atom. The van der Waals surface area contributed by atoms with Gasteiger partial charge >= 0.3 is 0 Å². The molecule has 0 aliphatic rings. The van der Waals surface area contributed by atoms with Gasteiger partial charge in [-0.25, -0.2) is 8.42 Å². The summed E-state index contributed by atoms with van der Waals surface area (Å²) in [7, 11) is -3.06. The zero-order chi connectivity index (χ0) is 12.8. The van der Waals surface area contributed by atoms with Crippen molar-refractivity contribution in [2.75, 3.05) is 18.8 Å². The van der Waals surface area contributed by atoms with E-state index in [0.717, 1.165) is 0 Å². The van der Waals surface area contributed by atoms with Crippen LogP contribution in [0.4, 0.5) is 0 Å². The van der Waals surface area contributed by atoms with Gasteiger partial charge in [0.25, 0.3) is 0 Å². The SMILES string of the molecule is CC(C)(C)S(=O)(=O)CCNCCCC(N)=O. The fourth-order valence-corrected chi connectivity index (χ4v) is 2.05. The van der Waals surface area contributed by atoms with Gasteiger partial charge < -0.3 is 11.1 Å². The summed E-state index contributed by atoms with van der Waals surface area (Å²) in [5.41, 5.74) is 4.97. The first-order valence-electron chi connectivity index (χ1n) is 5.38. The third kappa shape index (κ3) is 6.07. The molecule has 16 heavy (non-hydrogen) atoms. The Balaban J connectivity index is 3.72. The summed E-state index contributed by atoms with van der Waals surface area (Å²) in [6.45, 7) is 6.10. The number of nitrogens with two attached hydrogens (primary N) is 1. The first-order valence-corrected chi connectivity index (χ1v) is 7.03. The molecule has 0 aromatic rings. The lowest BCUT2D eigenvalue weighted by atomic mass is 10.3. The summed E-state index contributed by atoms with van der Waals surface area (Å²) in [4.78, 5) is 10.4. The van der Waals surface area contributed by atoms with E-state index < -0.39 is 14.6 Å². The Labute approximate surface area is 97.7 Å². The highest BCUT2D eigenvalue weighted by atomic mass is 32.2. The van der Waals surface area contributed by atoms with Crippen LogP contribution in [0.3, 0.4) is 0 Å². The molecule has 0 bridgehead atoms. The normalized spacial score (nSPS) is 12.7. The van der Waals surface area contributed by atoms with Crippen molar-refractivity contribution in [1.29, 1.82) is 0 Å². The van der Waals surface area contributed by atoms with Gasteiger partial charge in [-0.1, -0.05) is 0 Å². The van der Waals surface area contributed by atoms with E-state index in [2.05, 4.69) is 5.32 Å². The second-order valence-electron chi connectivity index (χ2n) is 4.75. The summed E-state index contributed by atoms with van der Waals surface area (Å²) in [6, 6.07) is 0. The molecule has 0 saturated heterocycles. The number of primary amides is 1. The maximum absolute atomic E-state index is 11.7. The summed E-state index contributed by atoms with van der Waals surface area (Å²) < 4.78 is 22.7. The predicted molar refractivity (Wildman–Crippen MR) is 64.8 cm³/mol. The van der Waals surface area contributed by atoms with Crippen LogP contribution >= 0.6 is 0 Å². The van der Waals surface area contributed by atoms with Gasteiger partial charge in [-0.15, -0.1) is 0 Å². The van der Waals surface area contributed by atoms with Crippen LogP contribution < -0.4 is 11.1 Å². The average molecular weight is 250 g/mol. The fourth-order valence-electron chi connectivity index (χ4n) is 1.03. The lowest BCUT2D eigenvalue weighted by Crippen LogP contribution is -2.35. The van der Waals surface area contributed by atoms with Gasteiger partial charge in [-0.2, -0.15) is 0 Å². The van der Waals surface area contributed by atoms with Gasteiger partial charge in [-0.05, 0) is 33.7 Å². The number of amides is 1. The van der Waals surface area contributed by atoms with Crippen molar-refractivity contribution in [1.82, 2.24) is 5.32 Å². The monoisotopic (exact) mass is 250 g/mol. The molecular weight excluding hydrogens is 228 g/mol. The van der Waals surface area contributed by atoms with E-state index in [-0.39, 0.29) is 11.7 Å². The number of rotatable bonds is 7. The zero-order valence-corrected chi connectivity index (χ0v) is 11.1. The Morgan fingerprint density at radius 3 is 2.25 bits per heavy atom. The van der Waals surface area contributed by atoms with Crippen molar-refractivity contribution in [2.45, 2.75) is 38.4 Å². The molecular formula is C10H22N2O3S. The second-order valence-corrected chi connectivity index (χ2v) is 7.61. The second kappa shape index (κ2) is 6.20. The molecule has 0 saturated carbocycles. The average Bonchev–Trinajstić information content (AvgIpc) is 2.08. The van der Waals surface area contributed by atoms with E-state index in [1.807, 2.05) is 0 Å². The highest BCUT2D eigenvalue weighted by molar-refractivity contribution is 7.92. The largest absolute Gasteiger partial charge is 0.370 e. The highest BCUT2D eigenvalue weighted by Crippen LogP contribution is 2.15. The molecule has 96 valence electrons. The van der Waals surface area contributed by atoms with E-state index in [0.29, 0.717) is 25.9 Å². The van der Waals surface area contributed by atoms with Crippen molar-refractivity contribution in [3.05, 3.63) is 0 Å². The van der Waals surface area contributed by atoms with E-state index >= 15 is 0 Å². The number of sulfone groups is 1. The number of hydrogen-bond donors (Lipinski definition) is 2. The minimum atomic E-state index is -3.06. The summed E-state index contributed by atoms with van der Waals surface area (Å²) in [5, 5.41) is 2.98. The van der Waals surface area contributed by atoms with Gasteiger partial charge in [0.2, 0.25) is 5.91 Å². The molecule has 0 aliphatic heterocycles. The Kier molecular flexibility index (Phi) is 5.96. The van der Waals surface area contributed by atoms with Crippen LogP contribution in [-0.2, 0) is 14.6 Å². The van der Waals surface area contributed by atoms with Crippen LogP contribution in [-0.4, -0.2) is 37.9 Å². The minimum absolute atomic E-state index is 0.118. The van der Waals surface area contributed by atoms with E-state index in [1.54, 1.807) is 20.8 Å². The van der Waals surface area contributed by atoms with Crippen molar-refractivity contribution in [3.8, 4) is 0 Å². The van der Waals surface area contributed by atoms with Crippen LogP contribution in [0.5, 0.6) is 0 Å². The Morgan fingerprint density at radius 1 is 1.25 bits per heavy atom. The topological polar surface area (TPSA) is 89.3 Å². The summed E-state index contributed by atoms with van der Waals surface area (Å²) in [6.07, 6.45) is 0.976. The van der Waals surface area contributed by atoms with Crippen LogP contribution in [0, 0.1) is 0 Å². The number of nitrogens with one attached hydrogen (secondary N) is 1. The van der Waals surface area contributed by atoms with Crippen molar-refractivity contribution >= 4 is 15.7 Å². The minimum Gasteiger partial charge on any atom is -0.370 e. The van der Waals surface area contributed by atoms with Crippen molar-refractivity contribution in [3.63, 3.8) is 0 Å². The van der Waals surface area contributed by atoms with Crippen LogP contribution in [0.1, 0.15) is 33.6 Å². The molecule has 6 heteroatoms.